The van der Waals surface area contributed by atoms with E-state index in [0.717, 1.165) is 5.56 Å². The molecule has 0 aliphatic heterocycles. The van der Waals surface area contributed by atoms with E-state index < -0.39 is 5.60 Å². The van der Waals surface area contributed by atoms with Crippen molar-refractivity contribution in [3.05, 3.63) is 46.7 Å². The largest absolute Gasteiger partial charge is 0.383 e. The summed E-state index contributed by atoms with van der Waals surface area (Å²) >= 11 is 6.15. The Balaban J connectivity index is 1.88. The number of benzene rings is 1. The molecule has 1 unspecified atom stereocenters. The van der Waals surface area contributed by atoms with Gasteiger partial charge in [0.25, 0.3) is 0 Å². The summed E-state index contributed by atoms with van der Waals surface area (Å²) in [6.45, 7) is 6.77. The quantitative estimate of drug-likeness (QED) is 0.387. The molecule has 0 bridgehead atoms. The third kappa shape index (κ3) is 7.07. The third-order valence-electron chi connectivity index (χ3n) is 4.26. The maximum atomic E-state index is 12.2. The number of hydrogen-bond acceptors (Lipinski definition) is 4. The van der Waals surface area contributed by atoms with E-state index >= 15 is 0 Å². The SMILES string of the molecule is CCNC(=NCC(C)(O)c1cnn(C)c1)NCCC(=O)Nc1ccc(C)cc1Cl. The molecule has 0 aliphatic rings. The Morgan fingerprint density at radius 1 is 1.38 bits per heavy atom. The lowest BCUT2D eigenvalue weighted by molar-refractivity contribution is -0.116. The molecule has 2 rings (SSSR count). The molecule has 1 atom stereocenters. The zero-order chi connectivity index (χ0) is 21.4. The number of carbonyl (C=O) groups excluding carboxylic acids is 1. The monoisotopic (exact) mass is 420 g/mol. The number of halogens is 1. The summed E-state index contributed by atoms with van der Waals surface area (Å²) in [5.41, 5.74) is 1.17. The van der Waals surface area contributed by atoms with Gasteiger partial charge >= 0.3 is 0 Å². The van der Waals surface area contributed by atoms with Crippen molar-refractivity contribution in [3.63, 3.8) is 0 Å². The van der Waals surface area contributed by atoms with Gasteiger partial charge in [0.05, 0.1) is 23.5 Å². The van der Waals surface area contributed by atoms with Crippen LogP contribution in [0.3, 0.4) is 0 Å². The third-order valence-corrected chi connectivity index (χ3v) is 4.57. The standard InChI is InChI=1S/C20H29ClN6O2/c1-5-22-19(24-13-20(3,29)15-11-25-27(4)12-15)23-9-8-18(28)26-17-7-6-14(2)10-16(17)21/h6-7,10-12,29H,5,8-9,13H2,1-4H3,(H,26,28)(H2,22,23,24). The fraction of sp³-hybridized carbons (Fsp3) is 0.450. The Hall–Kier alpha value is -2.58. The molecular weight excluding hydrogens is 392 g/mol. The van der Waals surface area contributed by atoms with Gasteiger partial charge in [0.1, 0.15) is 5.60 Å². The maximum Gasteiger partial charge on any atom is 0.226 e. The summed E-state index contributed by atoms with van der Waals surface area (Å²) in [6, 6.07) is 5.48. The number of carbonyl (C=O) groups is 1. The molecule has 1 aromatic heterocycles. The number of rotatable bonds is 8. The van der Waals surface area contributed by atoms with Crippen LogP contribution in [-0.2, 0) is 17.4 Å². The molecule has 29 heavy (non-hydrogen) atoms. The lowest BCUT2D eigenvalue weighted by Gasteiger charge is -2.20. The molecule has 0 spiro atoms. The Bertz CT molecular complexity index is 862. The molecule has 1 aromatic carbocycles. The highest BCUT2D eigenvalue weighted by Gasteiger charge is 2.24. The first kappa shape index (κ1) is 22.7. The summed E-state index contributed by atoms with van der Waals surface area (Å²) in [5.74, 6) is 0.374. The predicted octanol–water partition coefficient (Wildman–Crippen LogP) is 2.17. The Labute approximate surface area is 176 Å². The van der Waals surface area contributed by atoms with E-state index in [1.807, 2.05) is 19.9 Å². The first-order valence-corrected chi connectivity index (χ1v) is 9.88. The van der Waals surface area contributed by atoms with Crippen molar-refractivity contribution in [2.24, 2.45) is 12.0 Å². The molecule has 4 N–H and O–H groups in total. The van der Waals surface area contributed by atoms with Gasteiger partial charge in [-0.1, -0.05) is 17.7 Å². The van der Waals surface area contributed by atoms with Crippen LogP contribution in [0.25, 0.3) is 0 Å². The summed E-state index contributed by atoms with van der Waals surface area (Å²) in [4.78, 5) is 16.6. The molecule has 0 fully saturated rings. The highest BCUT2D eigenvalue weighted by Crippen LogP contribution is 2.22. The summed E-state index contributed by atoms with van der Waals surface area (Å²) < 4.78 is 1.63. The minimum absolute atomic E-state index is 0.151. The second-order valence-electron chi connectivity index (χ2n) is 7.08. The lowest BCUT2D eigenvalue weighted by atomic mass is 10.0. The Morgan fingerprint density at radius 2 is 2.14 bits per heavy atom. The summed E-state index contributed by atoms with van der Waals surface area (Å²) in [5, 5.41) is 24.3. The molecule has 0 saturated carbocycles. The van der Waals surface area contributed by atoms with Crippen LogP contribution in [0.15, 0.2) is 35.6 Å². The van der Waals surface area contributed by atoms with E-state index in [0.29, 0.717) is 35.3 Å². The van der Waals surface area contributed by atoms with Crippen molar-refractivity contribution in [3.8, 4) is 0 Å². The summed E-state index contributed by atoms with van der Waals surface area (Å²) in [6.07, 6.45) is 3.63. The zero-order valence-electron chi connectivity index (χ0n) is 17.3. The van der Waals surface area contributed by atoms with Crippen molar-refractivity contribution >= 4 is 29.2 Å². The average molecular weight is 421 g/mol. The maximum absolute atomic E-state index is 12.2. The van der Waals surface area contributed by atoms with E-state index in [2.05, 4.69) is 26.0 Å². The van der Waals surface area contributed by atoms with Gasteiger partial charge in [-0.05, 0) is 38.5 Å². The normalized spacial score (nSPS) is 13.7. The lowest BCUT2D eigenvalue weighted by Crippen LogP contribution is -2.40. The second-order valence-corrected chi connectivity index (χ2v) is 7.49. The second kappa shape index (κ2) is 10.3. The zero-order valence-corrected chi connectivity index (χ0v) is 18.0. The number of aliphatic imine (C=N–C) groups is 1. The van der Waals surface area contributed by atoms with Crippen molar-refractivity contribution in [2.45, 2.75) is 32.8 Å². The van der Waals surface area contributed by atoms with Crippen LogP contribution in [0, 0.1) is 6.92 Å². The molecule has 0 aliphatic carbocycles. The number of nitrogens with one attached hydrogen (secondary N) is 3. The van der Waals surface area contributed by atoms with Crippen LogP contribution < -0.4 is 16.0 Å². The van der Waals surface area contributed by atoms with E-state index in [1.54, 1.807) is 43.2 Å². The van der Waals surface area contributed by atoms with Crippen molar-refractivity contribution in [1.82, 2.24) is 20.4 Å². The first-order chi connectivity index (χ1) is 13.7. The molecule has 8 nitrogen and oxygen atoms in total. The van der Waals surface area contributed by atoms with E-state index in [4.69, 9.17) is 11.6 Å². The smallest absolute Gasteiger partial charge is 0.226 e. The number of anilines is 1. The van der Waals surface area contributed by atoms with Gasteiger partial charge in [0.15, 0.2) is 5.96 Å². The van der Waals surface area contributed by atoms with Gasteiger partial charge in [0.2, 0.25) is 5.91 Å². The van der Waals surface area contributed by atoms with Crippen molar-refractivity contribution < 1.29 is 9.90 Å². The van der Waals surface area contributed by atoms with Crippen LogP contribution >= 0.6 is 11.6 Å². The fourth-order valence-corrected chi connectivity index (χ4v) is 2.88. The topological polar surface area (TPSA) is 104 Å². The number of nitrogens with zero attached hydrogens (tertiary/aromatic N) is 3. The minimum Gasteiger partial charge on any atom is -0.383 e. The van der Waals surface area contributed by atoms with Gasteiger partial charge in [0, 0.05) is 38.3 Å². The van der Waals surface area contributed by atoms with Gasteiger partial charge < -0.3 is 21.1 Å². The predicted molar refractivity (Wildman–Crippen MR) is 116 cm³/mol. The number of guanidine groups is 1. The van der Waals surface area contributed by atoms with Crippen LogP contribution in [0.5, 0.6) is 0 Å². The van der Waals surface area contributed by atoms with Gasteiger partial charge in [-0.2, -0.15) is 5.10 Å². The van der Waals surface area contributed by atoms with Crippen LogP contribution in [-0.4, -0.2) is 46.4 Å². The van der Waals surface area contributed by atoms with E-state index in [1.165, 1.54) is 0 Å². The summed E-state index contributed by atoms with van der Waals surface area (Å²) in [7, 11) is 1.79. The van der Waals surface area contributed by atoms with Crippen LogP contribution in [0.2, 0.25) is 5.02 Å². The van der Waals surface area contributed by atoms with Crippen LogP contribution in [0.4, 0.5) is 5.69 Å². The molecule has 1 heterocycles. The Morgan fingerprint density at radius 3 is 2.76 bits per heavy atom. The highest BCUT2D eigenvalue weighted by atomic mass is 35.5. The average Bonchev–Trinajstić information content (AvgIpc) is 3.09. The Kier molecular flexibility index (Phi) is 8.04. The fourth-order valence-electron chi connectivity index (χ4n) is 2.59. The van der Waals surface area contributed by atoms with E-state index in [-0.39, 0.29) is 18.9 Å². The van der Waals surface area contributed by atoms with Gasteiger partial charge in [-0.3, -0.25) is 9.48 Å². The number of aryl methyl sites for hydroxylation is 2. The van der Waals surface area contributed by atoms with E-state index in [9.17, 15) is 9.90 Å². The number of aromatic nitrogens is 2. The molecule has 0 saturated heterocycles. The van der Waals surface area contributed by atoms with Crippen molar-refractivity contribution in [1.29, 1.82) is 0 Å². The molecule has 9 heteroatoms. The van der Waals surface area contributed by atoms with Crippen molar-refractivity contribution in [2.75, 3.05) is 25.0 Å². The van der Waals surface area contributed by atoms with Gasteiger partial charge in [-0.25, -0.2) is 4.99 Å². The molecule has 158 valence electrons. The van der Waals surface area contributed by atoms with Gasteiger partial charge in [-0.15, -0.1) is 0 Å². The first-order valence-electron chi connectivity index (χ1n) is 9.51. The minimum atomic E-state index is -1.14. The molecule has 1 amide bonds. The number of aliphatic hydroxyl groups is 1. The molecule has 0 radical (unpaired) electrons. The molecule has 2 aromatic rings. The van der Waals surface area contributed by atoms with Crippen LogP contribution in [0.1, 0.15) is 31.4 Å². The molecular formula is C20H29ClN6O2. The number of hydrogen-bond donors (Lipinski definition) is 4. The number of amides is 1. The highest BCUT2D eigenvalue weighted by molar-refractivity contribution is 6.33.